The maximum Gasteiger partial charge on any atom is 0.142 e. The van der Waals surface area contributed by atoms with Crippen molar-refractivity contribution in [2.24, 2.45) is 10.7 Å². The van der Waals surface area contributed by atoms with Crippen LogP contribution in [0.2, 0.25) is 5.02 Å². The number of fused-ring (bicyclic) bond motifs is 1. The highest BCUT2D eigenvalue weighted by atomic mass is 35.5. The molecule has 0 bridgehead atoms. The number of H-pyrrole nitrogens is 1. The number of ether oxygens (including phenoxy) is 2. The van der Waals surface area contributed by atoms with Crippen LogP contribution in [0.3, 0.4) is 0 Å². The van der Waals surface area contributed by atoms with Crippen molar-refractivity contribution in [2.45, 2.75) is 6.42 Å². The molecule has 0 saturated heterocycles. The maximum absolute atomic E-state index is 6.13. The lowest BCUT2D eigenvalue weighted by Gasteiger charge is -2.12. The number of aliphatic imine (C=N–C) groups is 1. The molecular formula is C19H20ClN3O2. The van der Waals surface area contributed by atoms with E-state index in [4.69, 9.17) is 26.8 Å². The molecule has 0 radical (unpaired) electrons. The summed E-state index contributed by atoms with van der Waals surface area (Å²) >= 11 is 6.02. The van der Waals surface area contributed by atoms with Gasteiger partial charge in [0, 0.05) is 28.0 Å². The van der Waals surface area contributed by atoms with Crippen molar-refractivity contribution < 1.29 is 9.47 Å². The topological polar surface area (TPSA) is 72.6 Å². The molecule has 0 amide bonds. The van der Waals surface area contributed by atoms with Crippen LogP contribution in [0.25, 0.3) is 10.9 Å². The molecule has 130 valence electrons. The highest BCUT2D eigenvalue weighted by Gasteiger charge is 2.10. The lowest BCUT2D eigenvalue weighted by Crippen LogP contribution is -2.15. The molecule has 5 nitrogen and oxygen atoms in total. The number of aromatic amines is 1. The summed E-state index contributed by atoms with van der Waals surface area (Å²) in [6, 6.07) is 13.3. The number of benzene rings is 2. The number of methoxy groups -OCH3 is 2. The Morgan fingerprint density at radius 2 is 1.84 bits per heavy atom. The standard InChI is InChI=1S/C19H20ClN3O2/c1-24-17-4-3-5-18(25-2)14(17)8-9-22-19(21)16-11-12-10-13(20)6-7-15(12)23-16/h3-7,10-11,23H,8-9H2,1-2H3,(H2,21,22). The molecule has 0 unspecified atom stereocenters. The molecule has 1 heterocycles. The number of hydrogen-bond acceptors (Lipinski definition) is 3. The zero-order valence-electron chi connectivity index (χ0n) is 14.2. The van der Waals surface area contributed by atoms with Gasteiger partial charge in [0.25, 0.3) is 0 Å². The first-order chi connectivity index (χ1) is 12.1. The number of aromatic nitrogens is 1. The van der Waals surface area contributed by atoms with Crippen LogP contribution in [-0.2, 0) is 6.42 Å². The van der Waals surface area contributed by atoms with Crippen LogP contribution in [-0.4, -0.2) is 31.6 Å². The highest BCUT2D eigenvalue weighted by Crippen LogP contribution is 2.28. The molecule has 2 aromatic carbocycles. The fourth-order valence-corrected chi connectivity index (χ4v) is 2.97. The van der Waals surface area contributed by atoms with E-state index >= 15 is 0 Å². The zero-order valence-corrected chi connectivity index (χ0v) is 14.9. The van der Waals surface area contributed by atoms with Gasteiger partial charge < -0.3 is 20.2 Å². The maximum atomic E-state index is 6.13. The monoisotopic (exact) mass is 357 g/mol. The van der Waals surface area contributed by atoms with Gasteiger partial charge in [-0.05, 0) is 42.8 Å². The van der Waals surface area contributed by atoms with E-state index in [-0.39, 0.29) is 0 Å². The second kappa shape index (κ2) is 7.49. The summed E-state index contributed by atoms with van der Waals surface area (Å²) in [6.07, 6.45) is 0.667. The number of nitrogens with two attached hydrogens (primary N) is 1. The first-order valence-corrected chi connectivity index (χ1v) is 8.28. The van der Waals surface area contributed by atoms with Crippen molar-refractivity contribution in [3.8, 4) is 11.5 Å². The number of nitrogens with zero attached hydrogens (tertiary/aromatic N) is 1. The molecule has 0 spiro atoms. The first kappa shape index (κ1) is 17.2. The van der Waals surface area contributed by atoms with E-state index in [0.717, 1.165) is 33.7 Å². The normalized spacial score (nSPS) is 11.7. The van der Waals surface area contributed by atoms with Crippen molar-refractivity contribution in [1.82, 2.24) is 4.98 Å². The van der Waals surface area contributed by atoms with E-state index in [1.54, 1.807) is 14.2 Å². The first-order valence-electron chi connectivity index (χ1n) is 7.91. The molecule has 0 atom stereocenters. The summed E-state index contributed by atoms with van der Waals surface area (Å²) in [5.74, 6) is 2.03. The molecule has 3 N–H and O–H groups in total. The van der Waals surface area contributed by atoms with Gasteiger partial charge in [0.15, 0.2) is 0 Å². The van der Waals surface area contributed by atoms with Gasteiger partial charge in [-0.3, -0.25) is 4.99 Å². The van der Waals surface area contributed by atoms with E-state index in [1.807, 2.05) is 42.5 Å². The number of nitrogens with one attached hydrogen (secondary N) is 1. The number of hydrogen-bond donors (Lipinski definition) is 2. The van der Waals surface area contributed by atoms with Crippen molar-refractivity contribution >= 4 is 28.3 Å². The Kier molecular flexibility index (Phi) is 5.14. The molecule has 0 fully saturated rings. The molecule has 6 heteroatoms. The summed E-state index contributed by atoms with van der Waals surface area (Å²) in [6.45, 7) is 0.526. The van der Waals surface area contributed by atoms with Gasteiger partial charge in [-0.1, -0.05) is 17.7 Å². The molecule has 0 aliphatic rings. The van der Waals surface area contributed by atoms with E-state index in [0.29, 0.717) is 23.8 Å². The SMILES string of the molecule is COc1cccc(OC)c1CCN=C(N)c1cc2cc(Cl)ccc2[nH]1. The molecule has 3 rings (SSSR count). The molecule has 0 saturated carbocycles. The Hall–Kier alpha value is -2.66. The van der Waals surface area contributed by atoms with Gasteiger partial charge in [0.1, 0.15) is 17.3 Å². The number of halogens is 1. The third-order valence-corrected chi connectivity index (χ3v) is 4.27. The number of amidine groups is 1. The Morgan fingerprint density at radius 1 is 1.12 bits per heavy atom. The van der Waals surface area contributed by atoms with Crippen molar-refractivity contribution in [3.05, 3.63) is 58.7 Å². The van der Waals surface area contributed by atoms with Gasteiger partial charge >= 0.3 is 0 Å². The average Bonchev–Trinajstić information content (AvgIpc) is 3.04. The summed E-state index contributed by atoms with van der Waals surface area (Å²) < 4.78 is 10.8. The predicted octanol–water partition coefficient (Wildman–Crippen LogP) is 3.79. The molecular weight excluding hydrogens is 338 g/mol. The summed E-state index contributed by atoms with van der Waals surface area (Å²) in [7, 11) is 3.29. The van der Waals surface area contributed by atoms with Crippen LogP contribution in [0.15, 0.2) is 47.5 Å². The lowest BCUT2D eigenvalue weighted by molar-refractivity contribution is 0.385. The van der Waals surface area contributed by atoms with E-state index in [2.05, 4.69) is 9.98 Å². The Labute approximate surface area is 151 Å². The van der Waals surface area contributed by atoms with Crippen LogP contribution in [0.5, 0.6) is 11.5 Å². The van der Waals surface area contributed by atoms with Gasteiger partial charge in [-0.25, -0.2) is 0 Å². The largest absolute Gasteiger partial charge is 0.496 e. The van der Waals surface area contributed by atoms with Gasteiger partial charge in [0.05, 0.1) is 19.9 Å². The number of rotatable bonds is 6. The van der Waals surface area contributed by atoms with Crippen LogP contribution >= 0.6 is 11.6 Å². The van der Waals surface area contributed by atoms with E-state index in [1.165, 1.54) is 0 Å². The Bertz CT molecular complexity index is 896. The average molecular weight is 358 g/mol. The minimum absolute atomic E-state index is 0.459. The smallest absolute Gasteiger partial charge is 0.142 e. The molecule has 1 aromatic heterocycles. The van der Waals surface area contributed by atoms with Crippen molar-refractivity contribution in [3.63, 3.8) is 0 Å². The quantitative estimate of drug-likeness (QED) is 0.520. The minimum Gasteiger partial charge on any atom is -0.496 e. The molecule has 3 aromatic rings. The summed E-state index contributed by atoms with van der Waals surface area (Å²) in [5.41, 5.74) is 8.86. The Morgan fingerprint density at radius 3 is 2.52 bits per heavy atom. The lowest BCUT2D eigenvalue weighted by atomic mass is 10.1. The van der Waals surface area contributed by atoms with E-state index in [9.17, 15) is 0 Å². The minimum atomic E-state index is 0.459. The summed E-state index contributed by atoms with van der Waals surface area (Å²) in [5, 5.41) is 1.70. The van der Waals surface area contributed by atoms with Crippen LogP contribution in [0, 0.1) is 0 Å². The zero-order chi connectivity index (χ0) is 17.8. The molecule has 0 aliphatic carbocycles. The third kappa shape index (κ3) is 3.72. The fourth-order valence-electron chi connectivity index (χ4n) is 2.79. The predicted molar refractivity (Wildman–Crippen MR) is 102 cm³/mol. The van der Waals surface area contributed by atoms with Gasteiger partial charge in [0.2, 0.25) is 0 Å². The third-order valence-electron chi connectivity index (χ3n) is 4.03. The summed E-state index contributed by atoms with van der Waals surface area (Å²) in [4.78, 5) is 7.73. The van der Waals surface area contributed by atoms with Crippen molar-refractivity contribution in [2.75, 3.05) is 20.8 Å². The van der Waals surface area contributed by atoms with E-state index < -0.39 is 0 Å². The van der Waals surface area contributed by atoms with Crippen molar-refractivity contribution in [1.29, 1.82) is 0 Å². The molecule has 0 aliphatic heterocycles. The molecule has 25 heavy (non-hydrogen) atoms. The van der Waals surface area contributed by atoms with Crippen LogP contribution in [0.4, 0.5) is 0 Å². The van der Waals surface area contributed by atoms with Gasteiger partial charge in [-0.2, -0.15) is 0 Å². The van der Waals surface area contributed by atoms with Crippen LogP contribution < -0.4 is 15.2 Å². The second-order valence-corrected chi connectivity index (χ2v) is 6.01. The fraction of sp³-hybridized carbons (Fsp3) is 0.211. The van der Waals surface area contributed by atoms with Crippen LogP contribution in [0.1, 0.15) is 11.3 Å². The Balaban J connectivity index is 1.77. The van der Waals surface area contributed by atoms with Gasteiger partial charge in [-0.15, -0.1) is 0 Å². The highest BCUT2D eigenvalue weighted by molar-refractivity contribution is 6.31. The second-order valence-electron chi connectivity index (χ2n) is 5.57.